The number of nitriles is 1. The monoisotopic (exact) mass is 349 g/mol. The van der Waals surface area contributed by atoms with Crippen molar-refractivity contribution in [2.45, 2.75) is 26.3 Å². The van der Waals surface area contributed by atoms with E-state index in [0.717, 1.165) is 10.4 Å². The Labute approximate surface area is 143 Å². The van der Waals surface area contributed by atoms with Crippen molar-refractivity contribution < 1.29 is 0 Å². The summed E-state index contributed by atoms with van der Waals surface area (Å²) in [4.78, 5) is 24.0. The van der Waals surface area contributed by atoms with Crippen molar-refractivity contribution in [3.05, 3.63) is 37.0 Å². The number of aromatic amines is 1. The summed E-state index contributed by atoms with van der Waals surface area (Å²) < 4.78 is 4.50. The fraction of sp³-hybridized carbons (Fsp3) is 0.500. The Hall–Kier alpha value is -2.67. The van der Waals surface area contributed by atoms with Gasteiger partial charge in [0.25, 0.3) is 5.56 Å². The maximum Gasteiger partial charge on any atom is 0.332 e. The first-order valence-electron chi connectivity index (χ1n) is 7.38. The van der Waals surface area contributed by atoms with Crippen LogP contribution in [0.2, 0.25) is 0 Å². The number of hydrogen-bond acceptors (Lipinski definition) is 6. The zero-order valence-electron chi connectivity index (χ0n) is 14.0. The molecule has 9 nitrogen and oxygen atoms in total. The molecule has 2 rings (SSSR count). The minimum absolute atomic E-state index is 0.0977. The van der Waals surface area contributed by atoms with Crippen molar-refractivity contribution in [1.82, 2.24) is 23.9 Å². The fourth-order valence-corrected chi connectivity index (χ4v) is 2.66. The summed E-state index contributed by atoms with van der Waals surface area (Å²) in [5.41, 5.74) is -1.21. The number of nitrogens with one attached hydrogen (secondary N) is 2. The van der Waals surface area contributed by atoms with Crippen molar-refractivity contribution in [3.63, 3.8) is 0 Å². The lowest BCUT2D eigenvalue weighted by atomic mass is 10.2. The second kappa shape index (κ2) is 6.84. The van der Waals surface area contributed by atoms with E-state index in [-0.39, 0.29) is 17.3 Å². The van der Waals surface area contributed by atoms with Gasteiger partial charge < -0.3 is 9.88 Å². The third-order valence-corrected chi connectivity index (χ3v) is 4.02. The summed E-state index contributed by atoms with van der Waals surface area (Å²) in [6.45, 7) is 4.88. The molecule has 2 N–H and O–H groups in total. The van der Waals surface area contributed by atoms with Crippen LogP contribution in [0.25, 0.3) is 0 Å². The Kier molecular flexibility index (Phi) is 5.04. The summed E-state index contributed by atoms with van der Waals surface area (Å²) in [6, 6.07) is 1.86. The maximum atomic E-state index is 12.0. The van der Waals surface area contributed by atoms with Crippen LogP contribution in [0, 0.1) is 16.1 Å². The Morgan fingerprint density at radius 3 is 2.58 bits per heavy atom. The standard InChI is InChI=1S/C14H19N7O2S/c1-8(2)10-17-18-13(24)21(10)6-5-16-11-9(7-15)12(22)20(4)14(23)19(11)3/h8,16H,5-6H2,1-4H3,(H,18,24). The molecular formula is C14H19N7O2S. The van der Waals surface area contributed by atoms with Crippen LogP contribution >= 0.6 is 12.2 Å². The first-order valence-corrected chi connectivity index (χ1v) is 7.79. The Bertz CT molecular complexity index is 971. The predicted octanol–water partition coefficient (Wildman–Crippen LogP) is 0.445. The minimum Gasteiger partial charge on any atom is -0.368 e. The van der Waals surface area contributed by atoms with Crippen LogP contribution < -0.4 is 16.6 Å². The number of rotatable bonds is 5. The zero-order valence-corrected chi connectivity index (χ0v) is 14.8. The van der Waals surface area contributed by atoms with Gasteiger partial charge in [-0.15, -0.1) is 0 Å². The van der Waals surface area contributed by atoms with Gasteiger partial charge in [-0.2, -0.15) is 10.4 Å². The highest BCUT2D eigenvalue weighted by Crippen LogP contribution is 2.12. The summed E-state index contributed by atoms with van der Waals surface area (Å²) >= 11 is 5.21. The van der Waals surface area contributed by atoms with Crippen LogP contribution in [0.1, 0.15) is 31.2 Å². The quantitative estimate of drug-likeness (QED) is 0.758. The highest BCUT2D eigenvalue weighted by atomic mass is 32.1. The van der Waals surface area contributed by atoms with Crippen molar-refractivity contribution in [2.24, 2.45) is 14.1 Å². The van der Waals surface area contributed by atoms with Crippen LogP contribution in [0.15, 0.2) is 9.59 Å². The summed E-state index contributed by atoms with van der Waals surface area (Å²) in [6.07, 6.45) is 0. The van der Waals surface area contributed by atoms with Crippen LogP contribution in [-0.4, -0.2) is 30.4 Å². The third kappa shape index (κ3) is 3.03. The van der Waals surface area contributed by atoms with E-state index in [9.17, 15) is 14.9 Å². The summed E-state index contributed by atoms with van der Waals surface area (Å²) in [5, 5.41) is 19.2. The van der Waals surface area contributed by atoms with Gasteiger partial charge in [-0.05, 0) is 12.2 Å². The molecule has 0 unspecified atom stereocenters. The van der Waals surface area contributed by atoms with Crippen molar-refractivity contribution in [3.8, 4) is 6.07 Å². The molecule has 2 heterocycles. The van der Waals surface area contributed by atoms with Gasteiger partial charge in [-0.25, -0.2) is 4.79 Å². The van der Waals surface area contributed by atoms with E-state index >= 15 is 0 Å². The van der Waals surface area contributed by atoms with Gasteiger partial charge in [0.15, 0.2) is 10.3 Å². The molecule has 0 aliphatic carbocycles. The SMILES string of the molecule is CC(C)c1n[nH]c(=S)n1CCNc1c(C#N)c(=O)n(C)c(=O)n1C. The van der Waals surface area contributed by atoms with Crippen LogP contribution in [-0.2, 0) is 20.6 Å². The summed E-state index contributed by atoms with van der Waals surface area (Å²) in [7, 11) is 2.85. The first kappa shape index (κ1) is 17.7. The molecule has 128 valence electrons. The van der Waals surface area contributed by atoms with Gasteiger partial charge in [-0.1, -0.05) is 13.8 Å². The van der Waals surface area contributed by atoms with Crippen LogP contribution in [0.5, 0.6) is 0 Å². The highest BCUT2D eigenvalue weighted by Gasteiger charge is 2.15. The zero-order chi connectivity index (χ0) is 18.0. The van der Waals surface area contributed by atoms with Crippen molar-refractivity contribution in [1.29, 1.82) is 5.26 Å². The lowest BCUT2D eigenvalue weighted by molar-refractivity contribution is 0.626. The maximum absolute atomic E-state index is 12.0. The average molecular weight is 349 g/mol. The lowest BCUT2D eigenvalue weighted by Gasteiger charge is -2.14. The molecule has 0 saturated heterocycles. The second-order valence-electron chi connectivity index (χ2n) is 5.66. The average Bonchev–Trinajstić information content (AvgIpc) is 2.91. The molecule has 2 aromatic heterocycles. The molecule has 24 heavy (non-hydrogen) atoms. The fourth-order valence-electron chi connectivity index (χ4n) is 2.42. The van der Waals surface area contributed by atoms with Crippen molar-refractivity contribution >= 4 is 18.0 Å². The van der Waals surface area contributed by atoms with E-state index in [1.165, 1.54) is 18.7 Å². The highest BCUT2D eigenvalue weighted by molar-refractivity contribution is 7.71. The number of nitrogens with zero attached hydrogens (tertiary/aromatic N) is 5. The predicted molar refractivity (Wildman–Crippen MR) is 91.6 cm³/mol. The van der Waals surface area contributed by atoms with Crippen LogP contribution in [0.4, 0.5) is 5.82 Å². The molecular weight excluding hydrogens is 330 g/mol. The van der Waals surface area contributed by atoms with E-state index in [0.29, 0.717) is 17.9 Å². The largest absolute Gasteiger partial charge is 0.368 e. The lowest BCUT2D eigenvalue weighted by Crippen LogP contribution is -2.40. The van der Waals surface area contributed by atoms with Gasteiger partial charge in [0, 0.05) is 33.1 Å². The van der Waals surface area contributed by atoms with Crippen LogP contribution in [0.3, 0.4) is 0 Å². The van der Waals surface area contributed by atoms with E-state index < -0.39 is 11.2 Å². The molecule has 0 aliphatic rings. The van der Waals surface area contributed by atoms with E-state index in [1.807, 2.05) is 24.5 Å². The summed E-state index contributed by atoms with van der Waals surface area (Å²) in [5.74, 6) is 1.22. The molecule has 0 spiro atoms. The molecule has 2 aromatic rings. The third-order valence-electron chi connectivity index (χ3n) is 3.71. The first-order chi connectivity index (χ1) is 11.3. The number of anilines is 1. The number of aromatic nitrogens is 5. The molecule has 10 heteroatoms. The normalized spacial score (nSPS) is 10.8. The van der Waals surface area contributed by atoms with Gasteiger partial charge in [0.2, 0.25) is 0 Å². The van der Waals surface area contributed by atoms with Gasteiger partial charge in [-0.3, -0.25) is 19.0 Å². The molecule has 0 saturated carbocycles. The Morgan fingerprint density at radius 2 is 2.00 bits per heavy atom. The molecule has 0 amide bonds. The van der Waals surface area contributed by atoms with Crippen molar-refractivity contribution in [2.75, 3.05) is 11.9 Å². The molecule has 0 bridgehead atoms. The van der Waals surface area contributed by atoms with Gasteiger partial charge in [0.05, 0.1) is 0 Å². The van der Waals surface area contributed by atoms with Gasteiger partial charge in [0.1, 0.15) is 17.7 Å². The topological polar surface area (TPSA) is 113 Å². The molecule has 0 radical (unpaired) electrons. The number of H-pyrrole nitrogens is 1. The molecule has 0 atom stereocenters. The molecule has 0 aliphatic heterocycles. The molecule has 0 aromatic carbocycles. The Balaban J connectivity index is 2.31. The van der Waals surface area contributed by atoms with Gasteiger partial charge >= 0.3 is 5.69 Å². The number of hydrogen-bond donors (Lipinski definition) is 2. The second-order valence-corrected chi connectivity index (χ2v) is 6.05. The van der Waals surface area contributed by atoms with E-state index in [2.05, 4.69) is 15.5 Å². The van der Waals surface area contributed by atoms with E-state index in [4.69, 9.17) is 12.2 Å². The molecule has 0 fully saturated rings. The smallest absolute Gasteiger partial charge is 0.332 e. The Morgan fingerprint density at radius 1 is 1.33 bits per heavy atom. The minimum atomic E-state index is -0.620. The van der Waals surface area contributed by atoms with E-state index in [1.54, 1.807) is 0 Å².